The Morgan fingerprint density at radius 3 is 2.95 bits per heavy atom. The normalized spacial score (nSPS) is 17.0. The summed E-state index contributed by atoms with van der Waals surface area (Å²) in [4.78, 5) is 25.2. The second-order valence-corrected chi connectivity index (χ2v) is 6.43. The van der Waals surface area contributed by atoms with Gasteiger partial charge in [0.25, 0.3) is 0 Å². The van der Waals surface area contributed by atoms with Gasteiger partial charge in [-0.05, 0) is 47.0 Å². The Hall–Kier alpha value is -1.85. The van der Waals surface area contributed by atoms with E-state index in [1.54, 1.807) is 6.20 Å². The summed E-state index contributed by atoms with van der Waals surface area (Å²) >= 11 is 9.49. The maximum Gasteiger partial charge on any atom is 0.224 e. The molecule has 108 valence electrons. The van der Waals surface area contributed by atoms with E-state index in [2.05, 4.69) is 30.9 Å². The molecule has 0 N–H and O–H groups in total. The number of fused-ring (bicyclic) bond motifs is 2. The summed E-state index contributed by atoms with van der Waals surface area (Å²) in [7, 11) is 0. The molecule has 0 saturated carbocycles. The Balaban J connectivity index is 2.00. The zero-order valence-corrected chi connectivity index (χ0v) is 13.6. The summed E-state index contributed by atoms with van der Waals surface area (Å²) in [6, 6.07) is 9.58. The summed E-state index contributed by atoms with van der Waals surface area (Å²) < 4.78 is 0.938. The lowest BCUT2D eigenvalue weighted by Crippen LogP contribution is -2.11. The van der Waals surface area contributed by atoms with Crippen LogP contribution in [-0.4, -0.2) is 20.7 Å². The van der Waals surface area contributed by atoms with E-state index in [4.69, 9.17) is 11.6 Å². The maximum atomic E-state index is 12.6. The third-order valence-electron chi connectivity index (χ3n) is 3.85. The van der Waals surface area contributed by atoms with Gasteiger partial charge in [-0.3, -0.25) is 4.79 Å². The molecule has 1 aliphatic carbocycles. The van der Waals surface area contributed by atoms with Crippen molar-refractivity contribution in [2.75, 3.05) is 0 Å². The second kappa shape index (κ2) is 5.11. The minimum absolute atomic E-state index is 0.109. The van der Waals surface area contributed by atoms with Gasteiger partial charge in [-0.2, -0.15) is 4.98 Å². The Morgan fingerprint density at radius 1 is 1.23 bits per heavy atom. The standard InChI is InChI=1S/C16H9BrClN3O/c17-9-4-3-8-6-12(22)13(11(8)7-9)14-10-2-1-5-19-15(10)21-16(18)20-14/h1-5,7,13H,6H2. The molecule has 3 aromatic rings. The molecule has 2 aromatic heterocycles. The fraction of sp³-hybridized carbons (Fsp3) is 0.125. The average molecular weight is 375 g/mol. The predicted octanol–water partition coefficient (Wildman–Crippen LogP) is 3.70. The highest BCUT2D eigenvalue weighted by molar-refractivity contribution is 9.10. The van der Waals surface area contributed by atoms with Gasteiger partial charge >= 0.3 is 0 Å². The van der Waals surface area contributed by atoms with E-state index in [1.807, 2.05) is 30.3 Å². The first kappa shape index (κ1) is 13.8. The lowest BCUT2D eigenvalue weighted by atomic mass is 9.95. The van der Waals surface area contributed by atoms with Crippen molar-refractivity contribution >= 4 is 44.3 Å². The number of pyridine rings is 1. The molecule has 6 heteroatoms. The fourth-order valence-corrected chi connectivity index (χ4v) is 3.49. The molecule has 1 aromatic carbocycles. The van der Waals surface area contributed by atoms with Gasteiger partial charge in [-0.25, -0.2) is 9.97 Å². The molecular formula is C16H9BrClN3O. The quantitative estimate of drug-likeness (QED) is 0.610. The molecule has 4 nitrogen and oxygen atoms in total. The molecule has 1 unspecified atom stereocenters. The van der Waals surface area contributed by atoms with E-state index in [-0.39, 0.29) is 11.1 Å². The van der Waals surface area contributed by atoms with Crippen molar-refractivity contribution in [3.05, 3.63) is 63.1 Å². The van der Waals surface area contributed by atoms with Crippen LogP contribution < -0.4 is 0 Å². The fourth-order valence-electron chi connectivity index (χ4n) is 2.94. The van der Waals surface area contributed by atoms with E-state index in [0.29, 0.717) is 17.8 Å². The summed E-state index contributed by atoms with van der Waals surface area (Å²) in [5.74, 6) is -0.298. The van der Waals surface area contributed by atoms with Crippen LogP contribution in [0.3, 0.4) is 0 Å². The van der Waals surface area contributed by atoms with Crippen LogP contribution in [0.4, 0.5) is 0 Å². The van der Waals surface area contributed by atoms with Gasteiger partial charge in [0.1, 0.15) is 0 Å². The molecule has 0 bridgehead atoms. The molecule has 2 heterocycles. The Kier molecular flexibility index (Phi) is 3.20. The molecule has 22 heavy (non-hydrogen) atoms. The Labute approximate surface area is 139 Å². The summed E-state index contributed by atoms with van der Waals surface area (Å²) in [5.41, 5.74) is 3.14. The highest BCUT2D eigenvalue weighted by atomic mass is 79.9. The lowest BCUT2D eigenvalue weighted by molar-refractivity contribution is -0.118. The first-order chi connectivity index (χ1) is 10.6. The lowest BCUT2D eigenvalue weighted by Gasteiger charge is -2.13. The molecule has 1 aliphatic rings. The highest BCUT2D eigenvalue weighted by Gasteiger charge is 2.34. The van der Waals surface area contributed by atoms with Crippen LogP contribution in [-0.2, 0) is 11.2 Å². The SMILES string of the molecule is O=C1Cc2ccc(Br)cc2C1c1nc(Cl)nc2ncccc12. The molecule has 0 spiro atoms. The molecule has 0 aliphatic heterocycles. The summed E-state index contributed by atoms with van der Waals surface area (Å²) in [6.45, 7) is 0. The van der Waals surface area contributed by atoms with Gasteiger partial charge in [0.2, 0.25) is 5.28 Å². The average Bonchev–Trinajstić information content (AvgIpc) is 2.81. The molecule has 0 amide bonds. The summed E-state index contributed by atoms with van der Waals surface area (Å²) in [5, 5.41) is 0.871. The number of carbonyl (C=O) groups is 1. The van der Waals surface area contributed by atoms with Crippen molar-refractivity contribution in [1.82, 2.24) is 15.0 Å². The van der Waals surface area contributed by atoms with Crippen molar-refractivity contribution in [2.24, 2.45) is 0 Å². The summed E-state index contributed by atoms with van der Waals surface area (Å²) in [6.07, 6.45) is 2.06. The smallest absolute Gasteiger partial charge is 0.224 e. The second-order valence-electron chi connectivity index (χ2n) is 5.17. The van der Waals surface area contributed by atoms with E-state index >= 15 is 0 Å². The number of hydrogen-bond donors (Lipinski definition) is 0. The number of nitrogens with zero attached hydrogens (tertiary/aromatic N) is 3. The van der Waals surface area contributed by atoms with Crippen molar-refractivity contribution in [3.63, 3.8) is 0 Å². The Morgan fingerprint density at radius 2 is 2.09 bits per heavy atom. The number of rotatable bonds is 1. The number of Topliss-reactive ketones (excluding diaryl/α,β-unsaturated/α-hetero) is 1. The molecule has 1 atom stereocenters. The van der Waals surface area contributed by atoms with Gasteiger partial charge < -0.3 is 0 Å². The van der Waals surface area contributed by atoms with Crippen molar-refractivity contribution in [3.8, 4) is 0 Å². The number of benzene rings is 1. The largest absolute Gasteiger partial charge is 0.298 e. The van der Waals surface area contributed by atoms with Crippen LogP contribution in [0, 0.1) is 0 Å². The van der Waals surface area contributed by atoms with Gasteiger partial charge in [0.05, 0.1) is 11.6 Å². The monoisotopic (exact) mass is 373 g/mol. The molecule has 0 saturated heterocycles. The number of halogens is 2. The number of ketones is 1. The van der Waals surface area contributed by atoms with E-state index < -0.39 is 5.92 Å². The van der Waals surface area contributed by atoms with Gasteiger partial charge in [-0.1, -0.05) is 22.0 Å². The molecule has 0 radical (unpaired) electrons. The first-order valence-electron chi connectivity index (χ1n) is 6.72. The zero-order chi connectivity index (χ0) is 15.3. The van der Waals surface area contributed by atoms with Crippen LogP contribution in [0.5, 0.6) is 0 Å². The van der Waals surface area contributed by atoms with Crippen molar-refractivity contribution < 1.29 is 4.79 Å². The molecule has 0 fully saturated rings. The van der Waals surface area contributed by atoms with Crippen LogP contribution in [0.2, 0.25) is 5.28 Å². The van der Waals surface area contributed by atoms with E-state index in [1.165, 1.54) is 0 Å². The minimum atomic E-state index is -0.417. The third kappa shape index (κ3) is 2.12. The topological polar surface area (TPSA) is 55.7 Å². The number of aromatic nitrogens is 3. The predicted molar refractivity (Wildman–Crippen MR) is 87.0 cm³/mol. The van der Waals surface area contributed by atoms with Gasteiger partial charge in [0, 0.05) is 22.5 Å². The minimum Gasteiger partial charge on any atom is -0.298 e. The van der Waals surface area contributed by atoms with E-state index in [9.17, 15) is 4.79 Å². The molecule has 4 rings (SSSR count). The van der Waals surface area contributed by atoms with Crippen molar-refractivity contribution in [2.45, 2.75) is 12.3 Å². The number of carbonyl (C=O) groups excluding carboxylic acids is 1. The van der Waals surface area contributed by atoms with E-state index in [0.717, 1.165) is 21.0 Å². The third-order valence-corrected chi connectivity index (χ3v) is 4.51. The Bertz CT molecular complexity index is 928. The van der Waals surface area contributed by atoms with Crippen molar-refractivity contribution in [1.29, 1.82) is 0 Å². The van der Waals surface area contributed by atoms with Gasteiger partial charge in [0.15, 0.2) is 11.4 Å². The number of hydrogen-bond acceptors (Lipinski definition) is 4. The molecular weight excluding hydrogens is 366 g/mol. The van der Waals surface area contributed by atoms with Crippen LogP contribution in [0.1, 0.15) is 22.7 Å². The zero-order valence-electron chi connectivity index (χ0n) is 11.3. The first-order valence-corrected chi connectivity index (χ1v) is 7.90. The van der Waals surface area contributed by atoms with Gasteiger partial charge in [-0.15, -0.1) is 0 Å². The highest BCUT2D eigenvalue weighted by Crippen LogP contribution is 2.38. The maximum absolute atomic E-state index is 12.6. The van der Waals surface area contributed by atoms with Crippen LogP contribution >= 0.6 is 27.5 Å². The van der Waals surface area contributed by atoms with Crippen LogP contribution in [0.15, 0.2) is 41.0 Å². The van der Waals surface area contributed by atoms with Crippen LogP contribution in [0.25, 0.3) is 11.0 Å².